The van der Waals surface area contributed by atoms with Crippen LogP contribution in [0.4, 0.5) is 5.69 Å². The lowest BCUT2D eigenvalue weighted by atomic mass is 10.0. The fourth-order valence-corrected chi connectivity index (χ4v) is 3.89. The number of nitrogens with zero attached hydrogens (tertiary/aromatic N) is 2. The molecule has 0 saturated carbocycles. The van der Waals surface area contributed by atoms with Crippen LogP contribution in [-0.2, 0) is 4.79 Å². The minimum Gasteiger partial charge on any atom is -0.274 e. The first-order valence-corrected chi connectivity index (χ1v) is 8.88. The van der Waals surface area contributed by atoms with E-state index in [1.54, 1.807) is 16.7 Å². The highest BCUT2D eigenvalue weighted by atomic mass is 79.9. The first-order valence-electron chi connectivity index (χ1n) is 7.10. The van der Waals surface area contributed by atoms with Gasteiger partial charge in [0.05, 0.1) is 11.6 Å². The molecular formula is C15H17BrN4OS. The van der Waals surface area contributed by atoms with Crippen LogP contribution >= 0.6 is 27.7 Å². The number of allylic oxidation sites excluding steroid dienone is 1. The Morgan fingerprint density at radius 1 is 1.50 bits per heavy atom. The highest BCUT2D eigenvalue weighted by Crippen LogP contribution is 2.33. The number of thioether (sulfide) groups is 1. The Balaban J connectivity index is 1.96. The molecule has 3 rings (SSSR count). The Kier molecular flexibility index (Phi) is 4.97. The number of fused-ring (bicyclic) bond motifs is 1. The molecule has 1 aromatic rings. The molecule has 1 aromatic carbocycles. The van der Waals surface area contributed by atoms with Crippen molar-refractivity contribution in [2.45, 2.75) is 12.6 Å². The van der Waals surface area contributed by atoms with Crippen LogP contribution in [-0.4, -0.2) is 29.5 Å². The highest BCUT2D eigenvalue weighted by molar-refractivity contribution is 9.10. The standard InChI is InChI=1S/C15H17BrN4OS/c1-2-3-8-22-15-18-13-10(9-17-19-13)14(21)20(15)12-7-5-4-6-11(12)16/h2,4-7,10,13,17,19H,1,3,8-9H2. The molecule has 0 spiro atoms. The Labute approximate surface area is 142 Å². The second kappa shape index (κ2) is 6.95. The maximum Gasteiger partial charge on any atom is 0.241 e. The third kappa shape index (κ3) is 2.99. The van der Waals surface area contributed by atoms with Gasteiger partial charge in [-0.25, -0.2) is 10.4 Å². The second-order valence-corrected chi connectivity index (χ2v) is 6.96. The molecule has 2 N–H and O–H groups in total. The van der Waals surface area contributed by atoms with Crippen LogP contribution < -0.4 is 15.8 Å². The van der Waals surface area contributed by atoms with Crippen molar-refractivity contribution in [2.24, 2.45) is 10.9 Å². The van der Waals surface area contributed by atoms with E-state index in [9.17, 15) is 4.79 Å². The zero-order valence-electron chi connectivity index (χ0n) is 12.0. The van der Waals surface area contributed by atoms with Crippen molar-refractivity contribution in [2.75, 3.05) is 17.2 Å². The summed E-state index contributed by atoms with van der Waals surface area (Å²) >= 11 is 5.12. The molecule has 22 heavy (non-hydrogen) atoms. The van der Waals surface area contributed by atoms with Crippen LogP contribution in [0.2, 0.25) is 0 Å². The minimum atomic E-state index is -0.183. The third-order valence-corrected chi connectivity index (χ3v) is 5.23. The molecule has 2 aliphatic rings. The lowest BCUT2D eigenvalue weighted by Gasteiger charge is -2.32. The summed E-state index contributed by atoms with van der Waals surface area (Å²) in [6.45, 7) is 4.33. The monoisotopic (exact) mass is 380 g/mol. The molecule has 2 heterocycles. The summed E-state index contributed by atoms with van der Waals surface area (Å²) in [5.74, 6) is 0.753. The van der Waals surface area contributed by atoms with Gasteiger partial charge in [0.2, 0.25) is 5.91 Å². The van der Waals surface area contributed by atoms with Gasteiger partial charge in [-0.2, -0.15) is 0 Å². The normalized spacial score (nSPS) is 24.1. The summed E-state index contributed by atoms with van der Waals surface area (Å²) in [6, 6.07) is 7.73. The molecule has 1 fully saturated rings. The van der Waals surface area contributed by atoms with E-state index in [-0.39, 0.29) is 18.0 Å². The lowest BCUT2D eigenvalue weighted by Crippen LogP contribution is -2.49. The molecular weight excluding hydrogens is 364 g/mol. The van der Waals surface area contributed by atoms with E-state index in [2.05, 4.69) is 33.4 Å². The molecule has 0 bridgehead atoms. The van der Waals surface area contributed by atoms with Crippen molar-refractivity contribution in [3.8, 4) is 0 Å². The number of carbonyl (C=O) groups is 1. The molecule has 2 aliphatic heterocycles. The van der Waals surface area contributed by atoms with E-state index < -0.39 is 0 Å². The van der Waals surface area contributed by atoms with E-state index in [4.69, 9.17) is 4.99 Å². The zero-order chi connectivity index (χ0) is 15.5. The number of anilines is 1. The number of hydrogen-bond donors (Lipinski definition) is 2. The number of para-hydroxylation sites is 1. The van der Waals surface area contributed by atoms with Gasteiger partial charge in [0.1, 0.15) is 6.17 Å². The summed E-state index contributed by atoms with van der Waals surface area (Å²) in [4.78, 5) is 19.4. The van der Waals surface area contributed by atoms with Gasteiger partial charge in [0.15, 0.2) is 5.17 Å². The summed E-state index contributed by atoms with van der Waals surface area (Å²) in [5.41, 5.74) is 6.93. The molecule has 116 valence electrons. The van der Waals surface area contributed by atoms with Crippen LogP contribution in [0.1, 0.15) is 6.42 Å². The Morgan fingerprint density at radius 2 is 2.32 bits per heavy atom. The molecule has 0 radical (unpaired) electrons. The van der Waals surface area contributed by atoms with E-state index in [1.807, 2.05) is 30.3 Å². The zero-order valence-corrected chi connectivity index (χ0v) is 14.4. The number of carbonyl (C=O) groups excluding carboxylic acids is 1. The van der Waals surface area contributed by atoms with Gasteiger partial charge >= 0.3 is 0 Å². The van der Waals surface area contributed by atoms with E-state index in [1.165, 1.54) is 0 Å². The van der Waals surface area contributed by atoms with Gasteiger partial charge in [-0.05, 0) is 34.5 Å². The van der Waals surface area contributed by atoms with Crippen LogP contribution in [0.5, 0.6) is 0 Å². The maximum absolute atomic E-state index is 12.9. The van der Waals surface area contributed by atoms with Gasteiger partial charge in [0, 0.05) is 16.8 Å². The molecule has 7 heteroatoms. The number of amidine groups is 1. The molecule has 1 saturated heterocycles. The van der Waals surface area contributed by atoms with Gasteiger partial charge in [0.25, 0.3) is 0 Å². The topological polar surface area (TPSA) is 56.7 Å². The average molecular weight is 381 g/mol. The first kappa shape index (κ1) is 15.7. The smallest absolute Gasteiger partial charge is 0.241 e. The van der Waals surface area contributed by atoms with Crippen molar-refractivity contribution in [3.05, 3.63) is 41.4 Å². The van der Waals surface area contributed by atoms with Gasteiger partial charge in [-0.1, -0.05) is 30.0 Å². The van der Waals surface area contributed by atoms with Crippen LogP contribution in [0.15, 0.2) is 46.4 Å². The number of hydrazine groups is 1. The Bertz CT molecular complexity index is 621. The SMILES string of the molecule is C=CCCSC1=NC2NNCC2C(=O)N1c1ccccc1Br. The number of nitrogens with one attached hydrogen (secondary N) is 2. The lowest BCUT2D eigenvalue weighted by molar-refractivity contribution is -0.121. The molecule has 5 nitrogen and oxygen atoms in total. The quantitative estimate of drug-likeness (QED) is 0.622. The van der Waals surface area contributed by atoms with Crippen molar-refractivity contribution >= 4 is 44.5 Å². The molecule has 1 amide bonds. The largest absolute Gasteiger partial charge is 0.274 e. The predicted molar refractivity (Wildman–Crippen MR) is 94.8 cm³/mol. The number of halogens is 1. The number of hydrogen-bond acceptors (Lipinski definition) is 5. The van der Waals surface area contributed by atoms with Crippen LogP contribution in [0, 0.1) is 5.92 Å². The van der Waals surface area contributed by atoms with E-state index in [0.29, 0.717) is 6.54 Å². The molecule has 0 aromatic heterocycles. The summed E-state index contributed by atoms with van der Waals surface area (Å²) < 4.78 is 0.887. The fourth-order valence-electron chi connectivity index (χ4n) is 2.46. The summed E-state index contributed by atoms with van der Waals surface area (Å²) in [7, 11) is 0. The van der Waals surface area contributed by atoms with Gasteiger partial charge in [-0.3, -0.25) is 15.1 Å². The average Bonchev–Trinajstić information content (AvgIpc) is 2.98. The number of amides is 1. The van der Waals surface area contributed by atoms with Crippen molar-refractivity contribution in [3.63, 3.8) is 0 Å². The predicted octanol–water partition coefficient (Wildman–Crippen LogP) is 2.51. The summed E-state index contributed by atoms with van der Waals surface area (Å²) in [5, 5.41) is 0.733. The number of benzene rings is 1. The third-order valence-electron chi connectivity index (χ3n) is 3.58. The van der Waals surface area contributed by atoms with Crippen molar-refractivity contribution in [1.82, 2.24) is 10.9 Å². The maximum atomic E-state index is 12.9. The molecule has 2 unspecified atom stereocenters. The Hall–Kier alpha value is -1.15. The highest BCUT2D eigenvalue weighted by Gasteiger charge is 2.42. The Morgan fingerprint density at radius 3 is 3.09 bits per heavy atom. The van der Waals surface area contributed by atoms with Crippen molar-refractivity contribution < 1.29 is 4.79 Å². The fraction of sp³-hybridized carbons (Fsp3) is 0.333. The summed E-state index contributed by atoms with van der Waals surface area (Å²) in [6.07, 6.45) is 2.57. The van der Waals surface area contributed by atoms with E-state index >= 15 is 0 Å². The van der Waals surface area contributed by atoms with Gasteiger partial charge in [-0.15, -0.1) is 6.58 Å². The minimum absolute atomic E-state index is 0.0745. The van der Waals surface area contributed by atoms with Gasteiger partial charge < -0.3 is 0 Å². The number of aliphatic imine (C=N–C) groups is 1. The van der Waals surface area contributed by atoms with Crippen LogP contribution in [0.25, 0.3) is 0 Å². The number of rotatable bonds is 4. The van der Waals surface area contributed by atoms with Crippen molar-refractivity contribution in [1.29, 1.82) is 0 Å². The molecule has 0 aliphatic carbocycles. The first-order chi connectivity index (χ1) is 10.7. The van der Waals surface area contributed by atoms with E-state index in [0.717, 1.165) is 27.5 Å². The van der Waals surface area contributed by atoms with Crippen LogP contribution in [0.3, 0.4) is 0 Å². The molecule has 2 atom stereocenters. The second-order valence-electron chi connectivity index (χ2n) is 5.04.